The van der Waals surface area contributed by atoms with E-state index in [-0.39, 0.29) is 11.3 Å². The number of benzene rings is 2. The van der Waals surface area contributed by atoms with Crippen LogP contribution in [-0.4, -0.2) is 12.1 Å². The maximum atomic E-state index is 11.9. The Hall–Kier alpha value is -1.69. The Kier molecular flexibility index (Phi) is 5.93. The first kappa shape index (κ1) is 17.7. The van der Waals surface area contributed by atoms with Gasteiger partial charge in [-0.1, -0.05) is 57.2 Å². The van der Waals surface area contributed by atoms with Crippen molar-refractivity contribution in [2.75, 3.05) is 0 Å². The van der Waals surface area contributed by atoms with Gasteiger partial charge in [0.1, 0.15) is 0 Å². The highest BCUT2D eigenvalue weighted by Crippen LogP contribution is 2.22. The summed E-state index contributed by atoms with van der Waals surface area (Å²) in [5.41, 5.74) is 5.91. The van der Waals surface area contributed by atoms with Crippen LogP contribution in [0, 0.1) is 3.57 Å². The topological polar surface area (TPSA) is 41.5 Å². The number of carbonyl (C=O) groups is 1. The SMILES string of the molecule is CC(C)(C)c1ccc(CC(=O)N/N=C\c2cccc(I)c2)cc1. The number of rotatable bonds is 4. The van der Waals surface area contributed by atoms with Crippen molar-refractivity contribution in [3.63, 3.8) is 0 Å². The lowest BCUT2D eigenvalue weighted by Gasteiger charge is -2.19. The zero-order valence-electron chi connectivity index (χ0n) is 13.6. The van der Waals surface area contributed by atoms with Crippen LogP contribution in [0.3, 0.4) is 0 Å². The van der Waals surface area contributed by atoms with Crippen molar-refractivity contribution in [2.24, 2.45) is 5.10 Å². The van der Waals surface area contributed by atoms with Gasteiger partial charge >= 0.3 is 0 Å². The number of hydrogen-bond acceptors (Lipinski definition) is 2. The second kappa shape index (κ2) is 7.73. The molecule has 2 aromatic carbocycles. The lowest BCUT2D eigenvalue weighted by molar-refractivity contribution is -0.120. The Morgan fingerprint density at radius 2 is 1.87 bits per heavy atom. The van der Waals surface area contributed by atoms with E-state index >= 15 is 0 Å². The van der Waals surface area contributed by atoms with Gasteiger partial charge in [-0.3, -0.25) is 4.79 Å². The molecule has 120 valence electrons. The van der Waals surface area contributed by atoms with E-state index in [0.717, 1.165) is 14.7 Å². The van der Waals surface area contributed by atoms with Gasteiger partial charge in [-0.2, -0.15) is 5.10 Å². The van der Waals surface area contributed by atoms with Gasteiger partial charge in [-0.05, 0) is 56.8 Å². The van der Waals surface area contributed by atoms with E-state index in [1.165, 1.54) is 5.56 Å². The van der Waals surface area contributed by atoms with Crippen molar-refractivity contribution in [3.05, 3.63) is 68.8 Å². The van der Waals surface area contributed by atoms with E-state index in [0.29, 0.717) is 6.42 Å². The largest absolute Gasteiger partial charge is 0.273 e. The lowest BCUT2D eigenvalue weighted by atomic mass is 9.86. The van der Waals surface area contributed by atoms with E-state index < -0.39 is 0 Å². The predicted octanol–water partition coefficient (Wildman–Crippen LogP) is 4.28. The molecule has 0 heterocycles. The normalized spacial score (nSPS) is 11.7. The minimum Gasteiger partial charge on any atom is -0.273 e. The molecule has 2 aromatic rings. The van der Waals surface area contributed by atoms with Gasteiger partial charge in [0, 0.05) is 3.57 Å². The van der Waals surface area contributed by atoms with Gasteiger partial charge in [0.2, 0.25) is 5.91 Å². The van der Waals surface area contributed by atoms with Crippen molar-refractivity contribution in [3.8, 4) is 0 Å². The third-order valence-corrected chi connectivity index (χ3v) is 4.11. The molecule has 0 radical (unpaired) electrons. The van der Waals surface area contributed by atoms with Gasteiger partial charge < -0.3 is 0 Å². The smallest absolute Gasteiger partial charge is 0.244 e. The van der Waals surface area contributed by atoms with Gasteiger partial charge in [0.25, 0.3) is 0 Å². The Balaban J connectivity index is 1.90. The fraction of sp³-hybridized carbons (Fsp3) is 0.263. The van der Waals surface area contributed by atoms with Gasteiger partial charge in [0.05, 0.1) is 12.6 Å². The molecule has 0 unspecified atom stereocenters. The molecule has 0 saturated heterocycles. The molecule has 0 atom stereocenters. The molecular formula is C19H21IN2O. The van der Waals surface area contributed by atoms with Crippen molar-refractivity contribution in [2.45, 2.75) is 32.6 Å². The predicted molar refractivity (Wildman–Crippen MR) is 104 cm³/mol. The Bertz CT molecular complexity index is 700. The molecular weight excluding hydrogens is 399 g/mol. The van der Waals surface area contributed by atoms with Crippen LogP contribution in [0.2, 0.25) is 0 Å². The van der Waals surface area contributed by atoms with Crippen LogP contribution in [0.1, 0.15) is 37.5 Å². The molecule has 1 N–H and O–H groups in total. The van der Waals surface area contributed by atoms with E-state index in [1.807, 2.05) is 36.4 Å². The van der Waals surface area contributed by atoms with Crippen molar-refractivity contribution in [1.29, 1.82) is 0 Å². The molecule has 1 amide bonds. The molecule has 0 fully saturated rings. The third kappa shape index (κ3) is 5.78. The van der Waals surface area contributed by atoms with E-state index in [1.54, 1.807) is 6.21 Å². The first-order valence-corrected chi connectivity index (χ1v) is 8.59. The van der Waals surface area contributed by atoms with Crippen molar-refractivity contribution in [1.82, 2.24) is 5.43 Å². The van der Waals surface area contributed by atoms with Crippen LogP contribution in [0.5, 0.6) is 0 Å². The number of amides is 1. The summed E-state index contributed by atoms with van der Waals surface area (Å²) in [4.78, 5) is 11.9. The molecule has 0 saturated carbocycles. The zero-order valence-corrected chi connectivity index (χ0v) is 15.8. The van der Waals surface area contributed by atoms with E-state index in [2.05, 4.69) is 66.0 Å². The second-order valence-corrected chi connectivity index (χ2v) is 7.72. The molecule has 0 aromatic heterocycles. The quantitative estimate of drug-likeness (QED) is 0.448. The number of nitrogens with zero attached hydrogens (tertiary/aromatic N) is 1. The highest BCUT2D eigenvalue weighted by atomic mass is 127. The van der Waals surface area contributed by atoms with Gasteiger partial charge in [0.15, 0.2) is 0 Å². The zero-order chi connectivity index (χ0) is 16.9. The molecule has 0 bridgehead atoms. The molecule has 2 rings (SSSR count). The standard InChI is InChI=1S/C19H21IN2O/c1-19(2,3)16-9-7-14(8-10-16)12-18(23)22-21-13-15-5-4-6-17(20)11-15/h4-11,13H,12H2,1-3H3,(H,22,23)/b21-13-. The minimum atomic E-state index is -0.115. The summed E-state index contributed by atoms with van der Waals surface area (Å²) in [5.74, 6) is -0.115. The van der Waals surface area contributed by atoms with Gasteiger partial charge in [-0.15, -0.1) is 0 Å². The van der Waals surface area contributed by atoms with Crippen LogP contribution in [0.15, 0.2) is 53.6 Å². The molecule has 0 aliphatic heterocycles. The number of hydrazone groups is 1. The van der Waals surface area contributed by atoms with Crippen LogP contribution < -0.4 is 5.43 Å². The molecule has 3 nitrogen and oxygen atoms in total. The van der Waals surface area contributed by atoms with Crippen molar-refractivity contribution >= 4 is 34.7 Å². The summed E-state index contributed by atoms with van der Waals surface area (Å²) >= 11 is 2.24. The average molecular weight is 420 g/mol. The summed E-state index contributed by atoms with van der Waals surface area (Å²) in [5, 5.41) is 4.01. The summed E-state index contributed by atoms with van der Waals surface area (Å²) in [6.45, 7) is 6.52. The van der Waals surface area contributed by atoms with Crippen LogP contribution >= 0.6 is 22.6 Å². The maximum absolute atomic E-state index is 11.9. The Morgan fingerprint density at radius 3 is 2.48 bits per heavy atom. The van der Waals surface area contributed by atoms with Crippen molar-refractivity contribution < 1.29 is 4.79 Å². The number of hydrogen-bond donors (Lipinski definition) is 1. The first-order valence-electron chi connectivity index (χ1n) is 7.51. The Morgan fingerprint density at radius 1 is 1.17 bits per heavy atom. The summed E-state index contributed by atoms with van der Waals surface area (Å²) in [7, 11) is 0. The third-order valence-electron chi connectivity index (χ3n) is 3.44. The summed E-state index contributed by atoms with van der Waals surface area (Å²) < 4.78 is 1.14. The molecule has 0 aliphatic rings. The van der Waals surface area contributed by atoms with Crippen LogP contribution in [0.25, 0.3) is 0 Å². The summed E-state index contributed by atoms with van der Waals surface area (Å²) in [6.07, 6.45) is 1.98. The first-order chi connectivity index (χ1) is 10.8. The van der Waals surface area contributed by atoms with E-state index in [4.69, 9.17) is 0 Å². The highest BCUT2D eigenvalue weighted by Gasteiger charge is 2.13. The minimum absolute atomic E-state index is 0.115. The number of halogens is 1. The van der Waals surface area contributed by atoms with Crippen LogP contribution in [-0.2, 0) is 16.6 Å². The molecule has 4 heteroatoms. The fourth-order valence-corrected chi connectivity index (χ4v) is 2.68. The summed E-state index contributed by atoms with van der Waals surface area (Å²) in [6, 6.07) is 16.1. The second-order valence-electron chi connectivity index (χ2n) is 6.47. The monoisotopic (exact) mass is 420 g/mol. The number of carbonyl (C=O) groups excluding carboxylic acids is 1. The van der Waals surface area contributed by atoms with E-state index in [9.17, 15) is 4.79 Å². The van der Waals surface area contributed by atoms with Gasteiger partial charge in [-0.25, -0.2) is 5.43 Å². The Labute approximate surface area is 151 Å². The number of nitrogens with one attached hydrogen (secondary N) is 1. The average Bonchev–Trinajstić information content (AvgIpc) is 2.47. The molecule has 0 spiro atoms. The highest BCUT2D eigenvalue weighted by molar-refractivity contribution is 14.1. The maximum Gasteiger partial charge on any atom is 0.244 e. The van der Waals surface area contributed by atoms with Crippen LogP contribution in [0.4, 0.5) is 0 Å². The fourth-order valence-electron chi connectivity index (χ4n) is 2.11. The lowest BCUT2D eigenvalue weighted by Crippen LogP contribution is -2.20. The molecule has 0 aliphatic carbocycles. The molecule has 23 heavy (non-hydrogen) atoms.